The van der Waals surface area contributed by atoms with Crippen LogP contribution in [0.2, 0.25) is 0 Å². The Hall–Kier alpha value is -4.08. The number of primary amides is 1. The molecule has 7 N–H and O–H groups in total. The highest BCUT2D eigenvalue weighted by Gasteiger charge is 2.64. The van der Waals surface area contributed by atoms with E-state index in [9.17, 15) is 48.4 Å². The number of Topliss-reactive ketones (excluding diaryl/α,β-unsaturated/α-hetero) is 2. The van der Waals surface area contributed by atoms with E-state index in [2.05, 4.69) is 5.32 Å². The molecule has 1 spiro atoms. The molecule has 0 bridgehead atoms. The normalized spacial score (nSPS) is 29.5. The Labute approximate surface area is 262 Å². The number of alkyl halides is 2. The van der Waals surface area contributed by atoms with Crippen molar-refractivity contribution < 1.29 is 48.4 Å². The van der Waals surface area contributed by atoms with Crippen LogP contribution in [-0.4, -0.2) is 119 Å². The van der Waals surface area contributed by atoms with Crippen LogP contribution in [0, 0.1) is 17.3 Å². The molecule has 1 aromatic carbocycles. The maximum absolute atomic E-state index is 14.1. The van der Waals surface area contributed by atoms with Gasteiger partial charge in [0.25, 0.3) is 5.91 Å². The molecule has 13 nitrogen and oxygen atoms in total. The lowest BCUT2D eigenvalue weighted by molar-refractivity contribution is -0.212. The summed E-state index contributed by atoms with van der Waals surface area (Å²) in [4.78, 5) is 57.4. The fourth-order valence-electron chi connectivity index (χ4n) is 8.46. The van der Waals surface area contributed by atoms with Crippen LogP contribution in [0.4, 0.5) is 20.2 Å². The van der Waals surface area contributed by atoms with Crippen molar-refractivity contribution in [2.75, 3.05) is 58.0 Å². The van der Waals surface area contributed by atoms with Crippen molar-refractivity contribution in [2.45, 2.75) is 43.2 Å². The zero-order valence-electron chi connectivity index (χ0n) is 25.9. The molecule has 4 aliphatic carbocycles. The Kier molecular flexibility index (Phi) is 7.08. The fraction of sp³-hybridized carbons (Fsp3) is 0.548. The first kappa shape index (κ1) is 31.9. The zero-order valence-corrected chi connectivity index (χ0v) is 25.9. The highest BCUT2D eigenvalue weighted by molar-refractivity contribution is 6.24. The number of hydrogen-bond donors (Lipinski definition) is 6. The molecule has 1 saturated heterocycles. The van der Waals surface area contributed by atoms with Gasteiger partial charge in [-0.3, -0.25) is 29.0 Å². The molecule has 4 atom stereocenters. The molecule has 0 aromatic heterocycles. The van der Waals surface area contributed by atoms with Crippen LogP contribution in [0.25, 0.3) is 5.76 Å². The SMILES string of the molecule is CN(C)c1cc(NC(=O)CN2CC3(C2)CC(F)(F)C3)c(O)c2c1C[C@H]1C[C@H]3[C@H](N(C)C)C(=O)C(C(N)=O)=C(O)[C@@]3(O)C(=O)C1=C2O. The molecular weight excluding hydrogens is 608 g/mol. The predicted molar refractivity (Wildman–Crippen MR) is 160 cm³/mol. The number of likely N-dealkylation sites (N-methyl/N-ethyl adjacent to an activating group) is 1. The van der Waals surface area contributed by atoms with Crippen LogP contribution in [0.15, 0.2) is 23.0 Å². The average molecular weight is 646 g/mol. The van der Waals surface area contributed by atoms with E-state index < -0.39 is 81.0 Å². The number of phenolic OH excluding ortho intramolecular Hbond substituents is 1. The summed E-state index contributed by atoms with van der Waals surface area (Å²) in [6.07, 6.45) is -0.378. The van der Waals surface area contributed by atoms with E-state index in [-0.39, 0.29) is 49.1 Å². The third kappa shape index (κ3) is 4.50. The summed E-state index contributed by atoms with van der Waals surface area (Å²) < 4.78 is 26.8. The molecule has 5 aliphatic rings. The predicted octanol–water partition coefficient (Wildman–Crippen LogP) is 0.700. The second kappa shape index (κ2) is 10.2. The number of nitrogens with two attached hydrogens (primary N) is 1. The molecule has 2 amide bonds. The first-order valence-electron chi connectivity index (χ1n) is 14.9. The van der Waals surface area contributed by atoms with E-state index in [1.807, 2.05) is 0 Å². The minimum absolute atomic E-state index is 0.0544. The number of phenols is 1. The summed E-state index contributed by atoms with van der Waals surface area (Å²) >= 11 is 0. The molecule has 6 rings (SSSR count). The molecule has 15 heteroatoms. The van der Waals surface area contributed by atoms with Crippen LogP contribution in [0.1, 0.15) is 30.4 Å². The van der Waals surface area contributed by atoms with Gasteiger partial charge in [-0.2, -0.15) is 0 Å². The Balaban J connectivity index is 1.36. The maximum Gasteiger partial charge on any atom is 0.255 e. The summed E-state index contributed by atoms with van der Waals surface area (Å²) in [5.74, 6) is -10.8. The monoisotopic (exact) mass is 645 g/mol. The van der Waals surface area contributed by atoms with Crippen molar-refractivity contribution in [3.05, 3.63) is 34.1 Å². The van der Waals surface area contributed by atoms with Gasteiger partial charge in [-0.05, 0) is 44.5 Å². The molecule has 46 heavy (non-hydrogen) atoms. The molecule has 3 fully saturated rings. The Bertz CT molecular complexity index is 1650. The van der Waals surface area contributed by atoms with Gasteiger partial charge in [-0.25, -0.2) is 8.78 Å². The van der Waals surface area contributed by atoms with Crippen molar-refractivity contribution in [2.24, 2.45) is 23.0 Å². The summed E-state index contributed by atoms with van der Waals surface area (Å²) in [6, 6.07) is 0.328. The molecular formula is C31H37F2N5O8. The van der Waals surface area contributed by atoms with Crippen LogP contribution in [0.3, 0.4) is 0 Å². The Morgan fingerprint density at radius 3 is 2.28 bits per heavy atom. The van der Waals surface area contributed by atoms with Crippen LogP contribution >= 0.6 is 0 Å². The van der Waals surface area contributed by atoms with Crippen molar-refractivity contribution >= 4 is 40.5 Å². The standard InChI is InChI=1S/C31H37F2N5O8/c1-36(2)17-7-16(35-18(39)8-38-11-29(12-38)9-30(32,33)10-29)23(40)20-14(17)5-13-6-15-22(37(3)4)25(42)21(28(34)45)27(44)31(15,46)26(43)19(13)24(20)41/h7,13,15,22,40-41,44,46H,5-6,8-12H2,1-4H3,(H2,34,45)(H,35,39)/t13-,15-,22-,31-/m0/s1. The topological polar surface area (TPSA) is 197 Å². The summed E-state index contributed by atoms with van der Waals surface area (Å²) in [6.45, 7) is 0.603. The number of hydrogen-bond acceptors (Lipinski definition) is 11. The van der Waals surface area contributed by atoms with Crippen LogP contribution in [0.5, 0.6) is 5.75 Å². The van der Waals surface area contributed by atoms with Gasteiger partial charge in [0.2, 0.25) is 17.6 Å². The van der Waals surface area contributed by atoms with Gasteiger partial charge in [-0.1, -0.05) is 0 Å². The second-order valence-corrected chi connectivity index (χ2v) is 13.9. The molecule has 1 heterocycles. The summed E-state index contributed by atoms with van der Waals surface area (Å²) in [7, 11) is 6.47. The van der Waals surface area contributed by atoms with Crippen LogP contribution in [-0.2, 0) is 25.6 Å². The lowest BCUT2D eigenvalue weighted by Crippen LogP contribution is -2.66. The number of aliphatic hydroxyl groups is 3. The third-order valence-corrected chi connectivity index (χ3v) is 10.2. The Morgan fingerprint density at radius 1 is 1.11 bits per heavy atom. The number of fused-ring (bicyclic) bond motifs is 3. The maximum atomic E-state index is 14.1. The molecule has 1 aromatic rings. The van der Waals surface area contributed by atoms with Crippen molar-refractivity contribution in [3.8, 4) is 5.75 Å². The van der Waals surface area contributed by atoms with Crippen molar-refractivity contribution in [1.82, 2.24) is 9.80 Å². The smallest absolute Gasteiger partial charge is 0.255 e. The highest BCUT2D eigenvalue weighted by Crippen LogP contribution is 2.57. The number of ketones is 2. The number of carbonyl (C=O) groups is 4. The molecule has 1 aliphatic heterocycles. The lowest BCUT2D eigenvalue weighted by Gasteiger charge is -2.58. The number of aliphatic hydroxyl groups excluding tert-OH is 2. The third-order valence-electron chi connectivity index (χ3n) is 10.2. The van der Waals surface area contributed by atoms with E-state index in [0.29, 0.717) is 24.3 Å². The number of halogens is 2. The average Bonchev–Trinajstić information content (AvgIpc) is 2.89. The quantitative estimate of drug-likeness (QED) is 0.188. The highest BCUT2D eigenvalue weighted by atomic mass is 19.3. The van der Waals surface area contributed by atoms with Gasteiger partial charge in [-0.15, -0.1) is 0 Å². The van der Waals surface area contributed by atoms with Gasteiger partial charge < -0.3 is 36.4 Å². The minimum atomic E-state index is -2.77. The fourth-order valence-corrected chi connectivity index (χ4v) is 8.46. The second-order valence-electron chi connectivity index (χ2n) is 13.9. The van der Waals surface area contributed by atoms with E-state index in [4.69, 9.17) is 5.73 Å². The van der Waals surface area contributed by atoms with Gasteiger partial charge in [0, 0.05) is 62.6 Å². The first-order chi connectivity index (χ1) is 21.3. The largest absolute Gasteiger partial charge is 0.508 e. The van der Waals surface area contributed by atoms with Gasteiger partial charge in [0.15, 0.2) is 11.4 Å². The van der Waals surface area contributed by atoms with Crippen LogP contribution < -0.4 is 16.0 Å². The number of benzene rings is 1. The number of likely N-dealkylation sites (tertiary alicyclic amines) is 1. The van der Waals surface area contributed by atoms with E-state index in [0.717, 1.165) is 0 Å². The first-order valence-corrected chi connectivity index (χ1v) is 14.9. The van der Waals surface area contributed by atoms with E-state index in [1.54, 1.807) is 23.9 Å². The van der Waals surface area contributed by atoms with Gasteiger partial charge in [0.1, 0.15) is 22.8 Å². The number of carbonyl (C=O) groups excluding carboxylic acids is 4. The minimum Gasteiger partial charge on any atom is -0.508 e. The van der Waals surface area contributed by atoms with Crippen molar-refractivity contribution in [1.29, 1.82) is 0 Å². The number of aromatic hydroxyl groups is 1. The molecule has 0 unspecified atom stereocenters. The van der Waals surface area contributed by atoms with Gasteiger partial charge >= 0.3 is 0 Å². The van der Waals surface area contributed by atoms with Gasteiger partial charge in [0.05, 0.1) is 23.8 Å². The zero-order chi connectivity index (χ0) is 33.8. The summed E-state index contributed by atoms with van der Waals surface area (Å²) in [5, 5.41) is 48.4. The Morgan fingerprint density at radius 2 is 1.74 bits per heavy atom. The number of nitrogens with zero attached hydrogens (tertiary/aromatic N) is 3. The summed E-state index contributed by atoms with van der Waals surface area (Å²) in [5.41, 5.74) is 1.65. The van der Waals surface area contributed by atoms with E-state index >= 15 is 0 Å². The lowest BCUT2D eigenvalue weighted by atomic mass is 9.57. The molecule has 248 valence electrons. The number of anilines is 2. The van der Waals surface area contributed by atoms with Crippen molar-refractivity contribution in [3.63, 3.8) is 0 Å². The molecule has 0 radical (unpaired) electrons. The molecule has 2 saturated carbocycles. The number of amides is 2. The number of rotatable bonds is 6. The van der Waals surface area contributed by atoms with E-state index in [1.165, 1.54) is 25.1 Å². The number of nitrogens with one attached hydrogen (secondary N) is 1.